The van der Waals surface area contributed by atoms with Crippen LogP contribution in [0.4, 0.5) is 0 Å². The third-order valence-corrected chi connectivity index (χ3v) is 3.32. The predicted octanol–water partition coefficient (Wildman–Crippen LogP) is 2.39. The normalized spacial score (nSPS) is 18.9. The molecule has 1 aromatic carbocycles. The van der Waals surface area contributed by atoms with Gasteiger partial charge in [0.2, 0.25) is 0 Å². The van der Waals surface area contributed by atoms with E-state index < -0.39 is 6.10 Å². The highest BCUT2D eigenvalue weighted by Gasteiger charge is 2.15. The van der Waals surface area contributed by atoms with Gasteiger partial charge in [-0.25, -0.2) is 0 Å². The Morgan fingerprint density at radius 3 is 2.76 bits per heavy atom. The molecule has 94 valence electrons. The van der Waals surface area contributed by atoms with Gasteiger partial charge < -0.3 is 15.6 Å². The molecule has 1 saturated carbocycles. The van der Waals surface area contributed by atoms with Gasteiger partial charge in [0.15, 0.2) is 0 Å². The number of benzene rings is 1. The average molecular weight is 235 g/mol. The molecule has 17 heavy (non-hydrogen) atoms. The van der Waals surface area contributed by atoms with Gasteiger partial charge in [-0.15, -0.1) is 0 Å². The van der Waals surface area contributed by atoms with Crippen molar-refractivity contribution in [1.82, 2.24) is 0 Å². The number of aliphatic hydroxyl groups excluding tert-OH is 1. The molecule has 1 aromatic rings. The molecular formula is C14H21NO2. The van der Waals surface area contributed by atoms with E-state index in [0.717, 1.165) is 24.2 Å². The van der Waals surface area contributed by atoms with Crippen LogP contribution in [0, 0.1) is 0 Å². The van der Waals surface area contributed by atoms with Crippen LogP contribution in [0.5, 0.6) is 5.75 Å². The quantitative estimate of drug-likeness (QED) is 0.842. The first-order chi connectivity index (χ1) is 8.29. The Balaban J connectivity index is 2.00. The van der Waals surface area contributed by atoms with Crippen molar-refractivity contribution in [2.24, 2.45) is 5.73 Å². The van der Waals surface area contributed by atoms with E-state index in [-0.39, 0.29) is 6.54 Å². The molecule has 2 rings (SSSR count). The fourth-order valence-corrected chi connectivity index (χ4v) is 2.31. The van der Waals surface area contributed by atoms with E-state index in [1.165, 1.54) is 19.3 Å². The van der Waals surface area contributed by atoms with E-state index in [9.17, 15) is 5.11 Å². The third kappa shape index (κ3) is 3.45. The summed E-state index contributed by atoms with van der Waals surface area (Å²) < 4.78 is 5.94. The minimum Gasteiger partial charge on any atom is -0.490 e. The van der Waals surface area contributed by atoms with Crippen LogP contribution in [0.1, 0.15) is 43.8 Å². The monoisotopic (exact) mass is 235 g/mol. The van der Waals surface area contributed by atoms with Crippen LogP contribution >= 0.6 is 0 Å². The van der Waals surface area contributed by atoms with Crippen molar-refractivity contribution in [3.05, 3.63) is 29.8 Å². The van der Waals surface area contributed by atoms with Crippen molar-refractivity contribution in [2.75, 3.05) is 6.54 Å². The van der Waals surface area contributed by atoms with Gasteiger partial charge in [0, 0.05) is 6.54 Å². The Morgan fingerprint density at radius 2 is 2.06 bits per heavy atom. The Bertz CT molecular complexity index is 348. The summed E-state index contributed by atoms with van der Waals surface area (Å²) in [5, 5.41) is 9.68. The number of nitrogens with two attached hydrogens (primary N) is 1. The Hall–Kier alpha value is -1.06. The van der Waals surface area contributed by atoms with E-state index in [2.05, 4.69) is 0 Å². The van der Waals surface area contributed by atoms with Gasteiger partial charge in [-0.1, -0.05) is 18.6 Å². The first-order valence-corrected chi connectivity index (χ1v) is 6.44. The average Bonchev–Trinajstić information content (AvgIpc) is 2.39. The largest absolute Gasteiger partial charge is 0.490 e. The van der Waals surface area contributed by atoms with E-state index >= 15 is 0 Å². The second-order valence-electron chi connectivity index (χ2n) is 4.70. The second kappa shape index (κ2) is 6.03. The number of hydrogen-bond donors (Lipinski definition) is 2. The molecule has 0 bridgehead atoms. The molecule has 1 atom stereocenters. The van der Waals surface area contributed by atoms with Crippen molar-refractivity contribution >= 4 is 0 Å². The minimum atomic E-state index is -0.593. The molecule has 3 nitrogen and oxygen atoms in total. The van der Waals surface area contributed by atoms with E-state index in [0.29, 0.717) is 6.10 Å². The Kier molecular flexibility index (Phi) is 4.40. The number of hydrogen-bond acceptors (Lipinski definition) is 3. The molecule has 0 aromatic heterocycles. The van der Waals surface area contributed by atoms with E-state index in [1.807, 2.05) is 24.3 Å². The fourth-order valence-electron chi connectivity index (χ4n) is 2.31. The van der Waals surface area contributed by atoms with Gasteiger partial charge in [-0.05, 0) is 43.4 Å². The summed E-state index contributed by atoms with van der Waals surface area (Å²) in [5.41, 5.74) is 6.28. The van der Waals surface area contributed by atoms with Crippen LogP contribution in [-0.2, 0) is 0 Å². The zero-order valence-electron chi connectivity index (χ0n) is 10.1. The van der Waals surface area contributed by atoms with E-state index in [1.54, 1.807) is 0 Å². The summed E-state index contributed by atoms with van der Waals surface area (Å²) in [4.78, 5) is 0. The zero-order valence-corrected chi connectivity index (χ0v) is 10.1. The molecule has 3 heteroatoms. The predicted molar refractivity (Wildman–Crippen MR) is 68.0 cm³/mol. The molecule has 0 heterocycles. The number of aliphatic hydroxyl groups is 1. The lowest BCUT2D eigenvalue weighted by Gasteiger charge is -2.23. The maximum atomic E-state index is 9.68. The van der Waals surface area contributed by atoms with Crippen molar-refractivity contribution in [3.8, 4) is 5.75 Å². The molecule has 1 aliphatic carbocycles. The van der Waals surface area contributed by atoms with Crippen molar-refractivity contribution < 1.29 is 9.84 Å². The van der Waals surface area contributed by atoms with Crippen molar-refractivity contribution in [1.29, 1.82) is 0 Å². The van der Waals surface area contributed by atoms with Gasteiger partial charge in [0.25, 0.3) is 0 Å². The summed E-state index contributed by atoms with van der Waals surface area (Å²) in [5.74, 6) is 0.849. The van der Waals surface area contributed by atoms with Gasteiger partial charge in [0.05, 0.1) is 12.2 Å². The molecule has 0 radical (unpaired) electrons. The Labute approximate surface area is 103 Å². The number of rotatable bonds is 4. The highest BCUT2D eigenvalue weighted by molar-refractivity contribution is 5.30. The number of ether oxygens (including phenoxy) is 1. The summed E-state index contributed by atoms with van der Waals surface area (Å²) in [6.07, 6.45) is 5.88. The maximum absolute atomic E-state index is 9.68. The standard InChI is InChI=1S/C14H21NO2/c15-10-14(16)11-5-4-8-13(9-11)17-12-6-2-1-3-7-12/h4-5,8-9,12,14,16H,1-3,6-7,10,15H2. The maximum Gasteiger partial charge on any atom is 0.120 e. The summed E-state index contributed by atoms with van der Waals surface area (Å²) in [6.45, 7) is 0.243. The summed E-state index contributed by atoms with van der Waals surface area (Å²) in [7, 11) is 0. The molecule has 0 spiro atoms. The molecule has 0 saturated heterocycles. The molecular weight excluding hydrogens is 214 g/mol. The zero-order chi connectivity index (χ0) is 12.1. The van der Waals surface area contributed by atoms with Gasteiger partial charge in [0.1, 0.15) is 5.75 Å². The van der Waals surface area contributed by atoms with Crippen LogP contribution in [0.2, 0.25) is 0 Å². The van der Waals surface area contributed by atoms with Crippen molar-refractivity contribution in [2.45, 2.75) is 44.3 Å². The highest BCUT2D eigenvalue weighted by Crippen LogP contribution is 2.25. The van der Waals surface area contributed by atoms with Gasteiger partial charge in [-0.2, -0.15) is 0 Å². The highest BCUT2D eigenvalue weighted by atomic mass is 16.5. The molecule has 0 aliphatic heterocycles. The first-order valence-electron chi connectivity index (χ1n) is 6.44. The molecule has 0 amide bonds. The minimum absolute atomic E-state index is 0.243. The Morgan fingerprint density at radius 1 is 1.29 bits per heavy atom. The van der Waals surface area contributed by atoms with Crippen LogP contribution in [-0.4, -0.2) is 17.8 Å². The summed E-state index contributed by atoms with van der Waals surface area (Å²) >= 11 is 0. The fraction of sp³-hybridized carbons (Fsp3) is 0.571. The van der Waals surface area contributed by atoms with Crippen LogP contribution < -0.4 is 10.5 Å². The molecule has 1 aliphatic rings. The molecule has 3 N–H and O–H groups in total. The van der Waals surface area contributed by atoms with Gasteiger partial charge >= 0.3 is 0 Å². The smallest absolute Gasteiger partial charge is 0.120 e. The SMILES string of the molecule is NCC(O)c1cccc(OC2CCCCC2)c1. The third-order valence-electron chi connectivity index (χ3n) is 3.32. The van der Waals surface area contributed by atoms with Crippen LogP contribution in [0.3, 0.4) is 0 Å². The lowest BCUT2D eigenvalue weighted by molar-refractivity contribution is 0.153. The van der Waals surface area contributed by atoms with E-state index in [4.69, 9.17) is 10.5 Å². The van der Waals surface area contributed by atoms with Crippen molar-refractivity contribution in [3.63, 3.8) is 0 Å². The molecule has 1 unspecified atom stereocenters. The van der Waals surface area contributed by atoms with Gasteiger partial charge in [-0.3, -0.25) is 0 Å². The first kappa shape index (κ1) is 12.4. The van der Waals surface area contributed by atoms with Crippen LogP contribution in [0.25, 0.3) is 0 Å². The lowest BCUT2D eigenvalue weighted by Crippen LogP contribution is -2.19. The lowest BCUT2D eigenvalue weighted by atomic mass is 9.98. The second-order valence-corrected chi connectivity index (χ2v) is 4.70. The van der Waals surface area contributed by atoms with Crippen LogP contribution in [0.15, 0.2) is 24.3 Å². The topological polar surface area (TPSA) is 55.5 Å². The molecule has 1 fully saturated rings. The summed E-state index contributed by atoms with van der Waals surface area (Å²) in [6, 6.07) is 7.63.